The van der Waals surface area contributed by atoms with Crippen molar-refractivity contribution in [3.63, 3.8) is 0 Å². The molecule has 0 aromatic carbocycles. The summed E-state index contributed by atoms with van der Waals surface area (Å²) in [6.45, 7) is 8.29. The standard InChI is InChI=1S/C17H30N2O2S2/c1-17(2,3)14-11-18(9-10-19(14)15(20)21)16(22)23-12-13-7-5-4-6-8-13/h13-14H,4-12H2,1-3H3,(H,20,21). The van der Waals surface area contributed by atoms with Crippen LogP contribution in [0.15, 0.2) is 0 Å². The minimum absolute atomic E-state index is 0.0121. The first-order valence-corrected chi connectivity index (χ1v) is 10.1. The highest BCUT2D eigenvalue weighted by Gasteiger charge is 2.38. The average Bonchev–Trinajstić information content (AvgIpc) is 2.52. The summed E-state index contributed by atoms with van der Waals surface area (Å²) in [5.74, 6) is 1.93. The minimum atomic E-state index is -0.814. The third-order valence-corrected chi connectivity index (χ3v) is 6.81. The molecule has 6 heteroatoms. The van der Waals surface area contributed by atoms with Gasteiger partial charge in [0.15, 0.2) is 0 Å². The highest BCUT2D eigenvalue weighted by atomic mass is 32.2. The summed E-state index contributed by atoms with van der Waals surface area (Å²) in [6.07, 6.45) is 5.98. The molecule has 2 aliphatic rings. The third-order valence-electron chi connectivity index (χ3n) is 5.05. The zero-order valence-electron chi connectivity index (χ0n) is 14.6. The maximum atomic E-state index is 11.5. The quantitative estimate of drug-likeness (QED) is 0.746. The predicted molar refractivity (Wildman–Crippen MR) is 101 cm³/mol. The van der Waals surface area contributed by atoms with E-state index in [1.54, 1.807) is 16.7 Å². The normalized spacial score (nSPS) is 23.9. The highest BCUT2D eigenvalue weighted by Crippen LogP contribution is 2.31. The molecule has 1 atom stereocenters. The number of piperazine rings is 1. The lowest BCUT2D eigenvalue weighted by Crippen LogP contribution is -2.60. The molecule has 1 saturated carbocycles. The van der Waals surface area contributed by atoms with Crippen LogP contribution in [0.4, 0.5) is 4.79 Å². The van der Waals surface area contributed by atoms with Gasteiger partial charge in [0.05, 0.1) is 6.04 Å². The van der Waals surface area contributed by atoms with Crippen molar-refractivity contribution >= 4 is 34.4 Å². The Bertz CT molecular complexity index is 431. The summed E-state index contributed by atoms with van der Waals surface area (Å²) in [5.41, 5.74) is -0.0826. The van der Waals surface area contributed by atoms with Crippen molar-refractivity contribution in [2.45, 2.75) is 58.9 Å². The largest absolute Gasteiger partial charge is 0.465 e. The van der Waals surface area contributed by atoms with E-state index >= 15 is 0 Å². The minimum Gasteiger partial charge on any atom is -0.465 e. The van der Waals surface area contributed by atoms with E-state index in [1.165, 1.54) is 32.1 Å². The molecule has 132 valence electrons. The number of rotatable bonds is 2. The predicted octanol–water partition coefficient (Wildman–Crippen LogP) is 4.30. The molecule has 0 radical (unpaired) electrons. The Balaban J connectivity index is 1.89. The third kappa shape index (κ3) is 5.24. The van der Waals surface area contributed by atoms with Gasteiger partial charge in [-0.3, -0.25) is 0 Å². The Morgan fingerprint density at radius 3 is 2.43 bits per heavy atom. The zero-order valence-corrected chi connectivity index (χ0v) is 16.2. The van der Waals surface area contributed by atoms with Gasteiger partial charge in [0.1, 0.15) is 4.32 Å². The van der Waals surface area contributed by atoms with E-state index < -0.39 is 6.09 Å². The van der Waals surface area contributed by atoms with E-state index in [0.717, 1.165) is 22.5 Å². The summed E-state index contributed by atoms with van der Waals surface area (Å²) >= 11 is 7.45. The molecule has 0 aromatic rings. The molecule has 2 rings (SSSR count). The fourth-order valence-electron chi connectivity index (χ4n) is 3.55. The highest BCUT2D eigenvalue weighted by molar-refractivity contribution is 8.22. The fraction of sp³-hybridized carbons (Fsp3) is 0.882. The van der Waals surface area contributed by atoms with Crippen molar-refractivity contribution in [1.29, 1.82) is 0 Å². The number of nitrogens with zero attached hydrogens (tertiary/aromatic N) is 2. The van der Waals surface area contributed by atoms with E-state index in [-0.39, 0.29) is 11.5 Å². The molecule has 0 aromatic heterocycles. The molecule has 4 nitrogen and oxygen atoms in total. The van der Waals surface area contributed by atoms with Gasteiger partial charge in [0.25, 0.3) is 0 Å². The van der Waals surface area contributed by atoms with Crippen molar-refractivity contribution in [1.82, 2.24) is 9.80 Å². The summed E-state index contributed by atoms with van der Waals surface area (Å²) < 4.78 is 0.954. The lowest BCUT2D eigenvalue weighted by Gasteiger charge is -2.46. The van der Waals surface area contributed by atoms with Crippen molar-refractivity contribution in [2.24, 2.45) is 11.3 Å². The Kier molecular flexibility index (Phi) is 6.60. The molecular weight excluding hydrogens is 328 g/mol. The van der Waals surface area contributed by atoms with E-state index in [2.05, 4.69) is 25.7 Å². The van der Waals surface area contributed by atoms with Crippen LogP contribution < -0.4 is 0 Å². The molecule has 1 N–H and O–H groups in total. The topological polar surface area (TPSA) is 43.8 Å². The number of thioether (sulfide) groups is 1. The van der Waals surface area contributed by atoms with E-state index in [9.17, 15) is 9.90 Å². The molecule has 2 fully saturated rings. The molecule has 23 heavy (non-hydrogen) atoms. The second kappa shape index (κ2) is 8.06. The van der Waals surface area contributed by atoms with Crippen LogP contribution in [0.2, 0.25) is 0 Å². The van der Waals surface area contributed by atoms with E-state index in [1.807, 2.05) is 0 Å². The van der Waals surface area contributed by atoms with Gasteiger partial charge >= 0.3 is 6.09 Å². The van der Waals surface area contributed by atoms with Gasteiger partial charge in [-0.1, -0.05) is 64.0 Å². The number of amides is 1. The van der Waals surface area contributed by atoms with Crippen molar-refractivity contribution in [3.8, 4) is 0 Å². The van der Waals surface area contributed by atoms with Gasteiger partial charge in [-0.2, -0.15) is 0 Å². The molecule has 1 aliphatic carbocycles. The van der Waals surface area contributed by atoms with Gasteiger partial charge in [0.2, 0.25) is 0 Å². The van der Waals surface area contributed by atoms with Crippen molar-refractivity contribution in [3.05, 3.63) is 0 Å². The fourth-order valence-corrected chi connectivity index (χ4v) is 4.98. The molecule has 1 aliphatic heterocycles. The lowest BCUT2D eigenvalue weighted by molar-refractivity contribution is 0.0439. The maximum Gasteiger partial charge on any atom is 0.407 e. The first-order valence-electron chi connectivity index (χ1n) is 8.70. The maximum absolute atomic E-state index is 11.5. The zero-order chi connectivity index (χ0) is 17.0. The van der Waals surface area contributed by atoms with Gasteiger partial charge in [-0.15, -0.1) is 0 Å². The first kappa shape index (κ1) is 18.8. The summed E-state index contributed by atoms with van der Waals surface area (Å²) in [4.78, 5) is 15.3. The number of hydrogen-bond acceptors (Lipinski definition) is 3. The van der Waals surface area contributed by atoms with E-state index in [0.29, 0.717) is 13.1 Å². The molecule has 1 unspecified atom stereocenters. The van der Waals surface area contributed by atoms with Crippen LogP contribution >= 0.6 is 24.0 Å². The summed E-state index contributed by atoms with van der Waals surface area (Å²) in [5, 5.41) is 9.44. The van der Waals surface area contributed by atoms with Crippen LogP contribution in [0.5, 0.6) is 0 Å². The van der Waals surface area contributed by atoms with Crippen LogP contribution in [0.3, 0.4) is 0 Å². The number of hydrogen-bond donors (Lipinski definition) is 1. The van der Waals surface area contributed by atoms with Crippen LogP contribution in [-0.2, 0) is 0 Å². The number of thiocarbonyl (C=S) groups is 1. The monoisotopic (exact) mass is 358 g/mol. The van der Waals surface area contributed by atoms with E-state index in [4.69, 9.17) is 12.2 Å². The summed E-state index contributed by atoms with van der Waals surface area (Å²) in [7, 11) is 0. The Morgan fingerprint density at radius 1 is 1.22 bits per heavy atom. The molecule has 0 spiro atoms. The van der Waals surface area contributed by atoms with Gasteiger partial charge in [-0.25, -0.2) is 4.79 Å². The molecule has 1 saturated heterocycles. The number of carboxylic acid groups (broad SMARTS) is 1. The average molecular weight is 359 g/mol. The Labute approximate surface area is 150 Å². The van der Waals surface area contributed by atoms with Gasteiger partial charge in [0, 0.05) is 25.4 Å². The van der Waals surface area contributed by atoms with Crippen LogP contribution in [0.1, 0.15) is 52.9 Å². The SMILES string of the molecule is CC(C)(C)C1CN(C(=S)SCC2CCCCC2)CCN1C(=O)O. The Hall–Kier alpha value is -0.490. The molecule has 1 amide bonds. The second-order valence-corrected chi connectivity index (χ2v) is 9.54. The first-order chi connectivity index (χ1) is 10.8. The smallest absolute Gasteiger partial charge is 0.407 e. The second-order valence-electron chi connectivity index (χ2n) is 7.88. The Morgan fingerprint density at radius 2 is 1.87 bits per heavy atom. The van der Waals surface area contributed by atoms with Crippen molar-refractivity contribution in [2.75, 3.05) is 25.4 Å². The van der Waals surface area contributed by atoms with Crippen LogP contribution in [0.25, 0.3) is 0 Å². The van der Waals surface area contributed by atoms with Gasteiger partial charge in [-0.05, 0) is 24.2 Å². The summed E-state index contributed by atoms with van der Waals surface area (Å²) in [6, 6.07) is -0.0121. The van der Waals surface area contributed by atoms with Crippen LogP contribution in [0, 0.1) is 11.3 Å². The van der Waals surface area contributed by atoms with Gasteiger partial charge < -0.3 is 14.9 Å². The van der Waals surface area contributed by atoms with Crippen molar-refractivity contribution < 1.29 is 9.90 Å². The molecule has 0 bridgehead atoms. The molecular formula is C17H30N2O2S2. The lowest BCUT2D eigenvalue weighted by atomic mass is 9.84. The van der Waals surface area contributed by atoms with Crippen LogP contribution in [-0.4, -0.2) is 56.7 Å². The number of carbonyl (C=O) groups is 1. The molecule has 1 heterocycles.